The van der Waals surface area contributed by atoms with E-state index >= 15 is 0 Å². The van der Waals surface area contributed by atoms with Gasteiger partial charge in [-0.2, -0.15) is 0 Å². The molecule has 0 aliphatic heterocycles. The predicted molar refractivity (Wildman–Crippen MR) is 367 cm³/mol. The second-order valence-electron chi connectivity index (χ2n) is 34.6. The third-order valence-electron chi connectivity index (χ3n) is 12.8. The second kappa shape index (κ2) is 41.0. The van der Waals surface area contributed by atoms with Gasteiger partial charge < -0.3 is 42.5 Å². The highest BCUT2D eigenvalue weighted by atomic mass is 16.2. The lowest BCUT2D eigenvalue weighted by molar-refractivity contribution is -0.130. The fraction of sp³-hybridized carbons (Fsp3) is 0.887. The number of hydrogen-bond acceptors (Lipinski definition) is 12. The van der Waals surface area contributed by atoms with Crippen molar-refractivity contribution in [3.63, 3.8) is 0 Å². The van der Waals surface area contributed by atoms with Gasteiger partial charge in [-0.15, -0.1) is 0 Å². The van der Waals surface area contributed by atoms with Gasteiger partial charge in [0.1, 0.15) is 17.3 Å². The van der Waals surface area contributed by atoms with Crippen LogP contribution in [0.1, 0.15) is 292 Å². The molecule has 0 saturated carbocycles. The minimum Gasteiger partial charge on any atom is -0.356 e. The van der Waals surface area contributed by atoms with E-state index in [0.29, 0.717) is 70.1 Å². The smallest absolute Gasteiger partial charge is 0.225 e. The van der Waals surface area contributed by atoms with Gasteiger partial charge in [-0.05, 0) is 53.8 Å². The zero-order chi connectivity index (χ0) is 69.5. The van der Waals surface area contributed by atoms with Crippen LogP contribution in [0, 0.1) is 43.3 Å². The topological polar surface area (TPSA) is 233 Å². The highest BCUT2D eigenvalue weighted by Gasteiger charge is 2.30. The monoisotopic (exact) mass is 1240 g/mol. The summed E-state index contributed by atoms with van der Waals surface area (Å²) in [5, 5.41) is 25.0. The quantitative estimate of drug-likeness (QED) is 0.0303. The molecule has 8 N–H and O–H groups in total. The Hall–Kier alpha value is -3.60. The first kappa shape index (κ1) is 89.8. The number of hydrogen-bond donors (Lipinski definition) is 8. The van der Waals surface area contributed by atoms with Crippen molar-refractivity contribution in [1.82, 2.24) is 42.5 Å². The highest BCUT2D eigenvalue weighted by molar-refractivity contribution is 5.88. The van der Waals surface area contributed by atoms with Crippen LogP contribution >= 0.6 is 0 Å². The summed E-state index contributed by atoms with van der Waals surface area (Å²) in [5.74, 6) is 1.11. The Bertz CT molecular complexity index is 2010. The zero-order valence-electron chi connectivity index (χ0n) is 62.5. The van der Waals surface area contributed by atoms with Crippen LogP contribution in [0.15, 0.2) is 0 Å². The Morgan fingerprint density at radius 1 is 0.264 bits per heavy atom. The maximum Gasteiger partial charge on any atom is 0.225 e. The van der Waals surface area contributed by atoms with Crippen LogP contribution in [0.4, 0.5) is 0 Å². The molecule has 16 nitrogen and oxygen atoms in total. The molecule has 0 fully saturated rings. The van der Waals surface area contributed by atoms with Crippen LogP contribution in [-0.2, 0) is 38.4 Å². The molecule has 0 rings (SSSR count). The SMILES string of the molecule is CC(C)NC(CCCCCNC(=O)C(C)(C)C)C(=O)CC(C)(C)C.CC(C)NC(CCCNC(=O)C(C)(C)C)C(=O)CC(C)(C)C.CC(C)NC(CCNC(=O)C(C)(C)C)C(=O)CC(C)(C)C.CC(C)NC(CNC(=O)C(C)(C)C)C(=O)CC(C)(C)C. The fourth-order valence-electron chi connectivity index (χ4n) is 8.42. The Kier molecular flexibility index (Phi) is 42.3. The summed E-state index contributed by atoms with van der Waals surface area (Å²) in [4.78, 5) is 97.0. The van der Waals surface area contributed by atoms with E-state index in [0.717, 1.165) is 38.5 Å². The molecule has 16 heteroatoms. The average molecular weight is 1240 g/mol. The first-order valence-corrected chi connectivity index (χ1v) is 33.1. The molecule has 0 aromatic heterocycles. The van der Waals surface area contributed by atoms with Crippen molar-refractivity contribution in [2.45, 2.75) is 341 Å². The summed E-state index contributed by atoms with van der Waals surface area (Å²) in [6.07, 6.45) is 8.31. The van der Waals surface area contributed by atoms with E-state index in [9.17, 15) is 38.4 Å². The van der Waals surface area contributed by atoms with Gasteiger partial charge in [-0.25, -0.2) is 0 Å². The minimum absolute atomic E-state index is 0.00838. The van der Waals surface area contributed by atoms with Crippen LogP contribution in [0.2, 0.25) is 0 Å². The highest BCUT2D eigenvalue weighted by Crippen LogP contribution is 2.25. The Balaban J connectivity index is -0.000000529. The lowest BCUT2D eigenvalue weighted by atomic mass is 9.86. The molecular weight excluding hydrogens is 1090 g/mol. The van der Waals surface area contributed by atoms with Gasteiger partial charge >= 0.3 is 0 Å². The molecule has 0 saturated heterocycles. The van der Waals surface area contributed by atoms with E-state index in [-0.39, 0.29) is 116 Å². The molecule has 87 heavy (non-hydrogen) atoms. The minimum atomic E-state index is -0.435. The van der Waals surface area contributed by atoms with Crippen LogP contribution in [0.5, 0.6) is 0 Å². The lowest BCUT2D eigenvalue weighted by Gasteiger charge is -2.26. The van der Waals surface area contributed by atoms with E-state index in [1.807, 2.05) is 132 Å². The van der Waals surface area contributed by atoms with Gasteiger partial charge in [-0.3, -0.25) is 38.4 Å². The molecule has 0 aliphatic carbocycles. The summed E-state index contributed by atoms with van der Waals surface area (Å²) in [6.45, 7) is 66.2. The Morgan fingerprint density at radius 2 is 0.494 bits per heavy atom. The molecule has 0 aromatic rings. The molecule has 0 radical (unpaired) electrons. The van der Waals surface area contributed by atoms with E-state index < -0.39 is 10.8 Å². The van der Waals surface area contributed by atoms with Crippen molar-refractivity contribution in [1.29, 1.82) is 0 Å². The van der Waals surface area contributed by atoms with Crippen LogP contribution in [-0.4, -0.2) is 121 Å². The van der Waals surface area contributed by atoms with Crippen molar-refractivity contribution in [3.8, 4) is 0 Å². The first-order valence-electron chi connectivity index (χ1n) is 33.1. The van der Waals surface area contributed by atoms with Crippen molar-refractivity contribution >= 4 is 46.8 Å². The van der Waals surface area contributed by atoms with Gasteiger partial charge in [0.2, 0.25) is 23.6 Å². The molecule has 0 bridgehead atoms. The average Bonchev–Trinajstić information content (AvgIpc) is 3.49. The third-order valence-corrected chi connectivity index (χ3v) is 12.8. The molecule has 0 heterocycles. The maximum absolute atomic E-state index is 12.5. The predicted octanol–water partition coefficient (Wildman–Crippen LogP) is 12.8. The van der Waals surface area contributed by atoms with Crippen molar-refractivity contribution in [3.05, 3.63) is 0 Å². The second-order valence-corrected chi connectivity index (χ2v) is 34.6. The summed E-state index contributed by atoms with van der Waals surface area (Å²) >= 11 is 0. The summed E-state index contributed by atoms with van der Waals surface area (Å²) in [5.41, 5.74) is -1.53. The molecule has 0 aromatic carbocycles. The Labute approximate surface area is 535 Å². The Morgan fingerprint density at radius 3 is 0.770 bits per heavy atom. The van der Waals surface area contributed by atoms with Crippen molar-refractivity contribution < 1.29 is 38.4 Å². The third kappa shape index (κ3) is 53.9. The van der Waals surface area contributed by atoms with Crippen molar-refractivity contribution in [2.24, 2.45) is 43.3 Å². The number of nitrogens with one attached hydrogen (secondary N) is 8. The van der Waals surface area contributed by atoms with Gasteiger partial charge in [0.15, 0.2) is 5.78 Å². The fourth-order valence-corrected chi connectivity index (χ4v) is 8.42. The van der Waals surface area contributed by atoms with Gasteiger partial charge in [0, 0.05) is 97.7 Å². The number of Topliss-reactive ketones (excluding diaryl/α,β-unsaturated/α-hetero) is 4. The number of amides is 4. The van der Waals surface area contributed by atoms with Gasteiger partial charge in [0.25, 0.3) is 0 Å². The van der Waals surface area contributed by atoms with Crippen molar-refractivity contribution in [2.75, 3.05) is 26.2 Å². The number of unbranched alkanes of at least 4 members (excludes halogenated alkanes) is 2. The standard InChI is InChI=1S/C20H40N2O2.C18H36N2O2.C17H34N2O2.C16H32N2O2/c1-15(2)22-16(17(23)14-19(3,4)5)12-10-9-11-13-21-18(24)20(6,7)8;1-13(2)20-14(15(21)12-17(3,4)5)10-9-11-19-16(22)18(6,7)8;1-12(2)19-13(14(20)11-16(3,4)5)9-10-18-15(21)17(6,7)8;1-11(2)18-12(13(19)9-15(3,4)5)10-17-14(20)16(6,7)8/h15-16,22H,9-14H2,1-8H3,(H,21,24);13-14,20H,9-12H2,1-8H3,(H,19,22);12-13,19H,9-11H2,1-8H3,(H,18,21);11-12,18H,9-10H2,1-8H3,(H,17,20). The van der Waals surface area contributed by atoms with E-state index in [1.54, 1.807) is 0 Å². The normalized spacial score (nSPS) is 14.1. The zero-order valence-corrected chi connectivity index (χ0v) is 62.5. The van der Waals surface area contributed by atoms with Gasteiger partial charge in [-0.1, -0.05) is 234 Å². The van der Waals surface area contributed by atoms with E-state index in [2.05, 4.69) is 133 Å². The largest absolute Gasteiger partial charge is 0.356 e. The lowest BCUT2D eigenvalue weighted by Crippen LogP contribution is -2.50. The molecule has 4 amide bonds. The number of carbonyl (C=O) groups is 8. The summed E-state index contributed by atoms with van der Waals surface area (Å²) in [7, 11) is 0. The molecule has 4 unspecified atom stereocenters. The van der Waals surface area contributed by atoms with E-state index in [4.69, 9.17) is 0 Å². The van der Waals surface area contributed by atoms with Gasteiger partial charge in [0.05, 0.1) is 24.2 Å². The molecular formula is C71H142N8O8. The number of rotatable bonds is 31. The molecule has 0 aliphatic rings. The maximum atomic E-state index is 12.5. The van der Waals surface area contributed by atoms with Crippen LogP contribution in [0.25, 0.3) is 0 Å². The number of carbonyl (C=O) groups excluding carboxylic acids is 8. The first-order chi connectivity index (χ1) is 38.8. The molecule has 0 spiro atoms. The van der Waals surface area contributed by atoms with Crippen LogP contribution < -0.4 is 42.5 Å². The molecule has 514 valence electrons. The number of ketones is 4. The van der Waals surface area contributed by atoms with E-state index in [1.165, 1.54) is 0 Å². The van der Waals surface area contributed by atoms with Crippen LogP contribution in [0.3, 0.4) is 0 Å². The summed E-state index contributed by atoms with van der Waals surface area (Å²) < 4.78 is 0. The summed E-state index contributed by atoms with van der Waals surface area (Å²) in [6, 6.07) is 0.361. The molecule has 4 atom stereocenters.